The smallest absolute Gasteiger partial charge is 0.417 e. The zero-order chi connectivity index (χ0) is 37.8. The second-order valence-corrected chi connectivity index (χ2v) is 14.9. The van der Waals surface area contributed by atoms with E-state index in [1.807, 2.05) is 0 Å². The molecule has 11 nitrogen and oxygen atoms in total. The first kappa shape index (κ1) is 37.8. The molecule has 4 aromatic carbocycles. The molecule has 0 aliphatic heterocycles. The molecule has 1 aromatic heterocycles. The lowest BCUT2D eigenvalue weighted by Crippen LogP contribution is -2.33. The first-order valence-corrected chi connectivity index (χ1v) is 18.5. The molecule has 0 bridgehead atoms. The number of nitrogens with two attached hydrogens (primary N) is 1. The number of tetrazole rings is 1. The lowest BCUT2D eigenvalue weighted by atomic mass is 9.80. The van der Waals surface area contributed by atoms with Crippen molar-refractivity contribution in [3.05, 3.63) is 113 Å². The molecule has 280 valence electrons. The third-order valence-electron chi connectivity index (χ3n) is 9.50. The second-order valence-electron chi connectivity index (χ2n) is 13.0. The Labute approximate surface area is 306 Å². The lowest BCUT2D eigenvalue weighted by Gasteiger charge is -2.30. The molecular weight excluding hydrogens is 710 g/mol. The van der Waals surface area contributed by atoms with Gasteiger partial charge < -0.3 is 19.9 Å². The Morgan fingerprint density at radius 2 is 1.25 bits per heavy atom. The van der Waals surface area contributed by atoms with Crippen LogP contribution in [0.4, 0.5) is 13.2 Å². The largest absolute Gasteiger partial charge is 0.497 e. The van der Waals surface area contributed by atoms with E-state index >= 15 is 21.6 Å². The molecule has 6 rings (SSSR count). The number of sulfonamides is 1. The normalized spacial score (nSPS) is 16.5. The average Bonchev–Trinajstić information content (AvgIpc) is 3.63. The van der Waals surface area contributed by atoms with E-state index < -0.39 is 26.7 Å². The van der Waals surface area contributed by atoms with Gasteiger partial charge in [0, 0.05) is 24.7 Å². The molecule has 1 aliphatic rings. The summed E-state index contributed by atoms with van der Waals surface area (Å²) in [6.45, 7) is -0.350. The average molecular weight is 751 g/mol. The van der Waals surface area contributed by atoms with Crippen LogP contribution in [0.2, 0.25) is 0 Å². The highest BCUT2D eigenvalue weighted by Crippen LogP contribution is 2.46. The highest BCUT2D eigenvalue weighted by Gasteiger charge is 2.43. The molecule has 1 fully saturated rings. The van der Waals surface area contributed by atoms with Crippen molar-refractivity contribution in [2.75, 3.05) is 21.3 Å². The van der Waals surface area contributed by atoms with Crippen LogP contribution in [0.25, 0.3) is 11.4 Å². The number of hydrogen-bond donors (Lipinski definition) is 1. The van der Waals surface area contributed by atoms with Crippen molar-refractivity contribution in [3.63, 3.8) is 0 Å². The molecule has 0 saturated heterocycles. The van der Waals surface area contributed by atoms with Crippen molar-refractivity contribution in [2.45, 2.75) is 68.3 Å². The van der Waals surface area contributed by atoms with E-state index in [2.05, 4.69) is 15.4 Å². The first-order chi connectivity index (χ1) is 25.4. The summed E-state index contributed by atoms with van der Waals surface area (Å²) >= 11 is 0. The van der Waals surface area contributed by atoms with Crippen LogP contribution in [-0.2, 0) is 35.8 Å². The summed E-state index contributed by atoms with van der Waals surface area (Å²) < 4.78 is 92.6. The Bertz CT molecular complexity index is 2050. The van der Waals surface area contributed by atoms with E-state index in [-0.39, 0.29) is 43.0 Å². The lowest BCUT2D eigenvalue weighted by molar-refractivity contribution is -0.139. The molecule has 2 N–H and O–H groups in total. The summed E-state index contributed by atoms with van der Waals surface area (Å²) in [6, 6.07) is 22.7. The Kier molecular flexibility index (Phi) is 11.4. The summed E-state index contributed by atoms with van der Waals surface area (Å²) in [7, 11) is -0.399. The topological polar surface area (TPSA) is 135 Å². The van der Waals surface area contributed by atoms with E-state index in [0.717, 1.165) is 15.9 Å². The van der Waals surface area contributed by atoms with Gasteiger partial charge in [-0.05, 0) is 102 Å². The van der Waals surface area contributed by atoms with Gasteiger partial charge in [-0.25, -0.2) is 8.42 Å². The van der Waals surface area contributed by atoms with Crippen molar-refractivity contribution < 1.29 is 35.8 Å². The molecule has 0 radical (unpaired) electrons. The van der Waals surface area contributed by atoms with E-state index in [4.69, 9.17) is 19.9 Å². The number of halogens is 3. The molecule has 15 heteroatoms. The van der Waals surface area contributed by atoms with Gasteiger partial charge in [-0.3, -0.25) is 0 Å². The van der Waals surface area contributed by atoms with Crippen LogP contribution in [0.3, 0.4) is 0 Å². The molecule has 0 atom stereocenters. The number of rotatable bonds is 13. The Morgan fingerprint density at radius 3 is 1.72 bits per heavy atom. The summed E-state index contributed by atoms with van der Waals surface area (Å²) in [5.41, 5.74) is 6.94. The third-order valence-corrected chi connectivity index (χ3v) is 11.4. The van der Waals surface area contributed by atoms with Crippen LogP contribution in [0.5, 0.6) is 17.2 Å². The molecule has 5 aromatic rings. The molecule has 1 saturated carbocycles. The predicted molar refractivity (Wildman–Crippen MR) is 192 cm³/mol. The van der Waals surface area contributed by atoms with Crippen LogP contribution in [0.15, 0.2) is 89.8 Å². The van der Waals surface area contributed by atoms with E-state index in [1.54, 1.807) is 79.9 Å². The summed E-state index contributed by atoms with van der Waals surface area (Å²) in [4.78, 5) is 0.323. The van der Waals surface area contributed by atoms with E-state index in [0.29, 0.717) is 59.6 Å². The van der Waals surface area contributed by atoms with Crippen molar-refractivity contribution in [1.29, 1.82) is 0 Å². The van der Waals surface area contributed by atoms with Gasteiger partial charge in [0.15, 0.2) is 0 Å². The fourth-order valence-corrected chi connectivity index (χ4v) is 8.44. The molecule has 53 heavy (non-hydrogen) atoms. The molecule has 1 heterocycles. The number of methoxy groups -OCH3 is 3. The Hall–Kier alpha value is -4.99. The maximum absolute atomic E-state index is 15.2. The minimum Gasteiger partial charge on any atom is -0.497 e. The van der Waals surface area contributed by atoms with Gasteiger partial charge in [0.25, 0.3) is 0 Å². The number of hydrogen-bond acceptors (Lipinski definition) is 9. The fraction of sp³-hybridized carbons (Fsp3) is 0.342. The molecule has 0 amide bonds. The van der Waals surface area contributed by atoms with Gasteiger partial charge in [0.1, 0.15) is 22.1 Å². The van der Waals surface area contributed by atoms with Gasteiger partial charge in [-0.2, -0.15) is 22.3 Å². The summed E-state index contributed by atoms with van der Waals surface area (Å²) in [6.07, 6.45) is -2.67. The molecule has 1 aliphatic carbocycles. The van der Waals surface area contributed by atoms with Crippen LogP contribution < -0.4 is 19.9 Å². The Balaban J connectivity index is 1.53. The maximum atomic E-state index is 15.2. The Morgan fingerprint density at radius 1 is 0.755 bits per heavy atom. The molecule has 0 spiro atoms. The first-order valence-electron chi connectivity index (χ1n) is 17.1. The van der Waals surface area contributed by atoms with E-state index in [9.17, 15) is 0 Å². The van der Waals surface area contributed by atoms with Crippen molar-refractivity contribution in [2.24, 2.45) is 5.73 Å². The van der Waals surface area contributed by atoms with E-state index in [1.165, 1.54) is 25.1 Å². The van der Waals surface area contributed by atoms with Gasteiger partial charge in [-0.15, -0.1) is 10.2 Å². The number of aromatic nitrogens is 4. The summed E-state index contributed by atoms with van der Waals surface area (Å²) in [5, 5.41) is 12.9. The number of alkyl halides is 3. The van der Waals surface area contributed by atoms with Gasteiger partial charge in [0.2, 0.25) is 15.8 Å². The standard InChI is InChI=1S/C38H41F3N6O5S/c1-50-30-14-4-25(5-15-30)22-46(23-26-6-16-31(51-2)17-7-26)53(48,49)36-34(38(39,40)41)21-20-33(28-10-12-29(42)13-11-28)35(36)37-43-45-47(44-37)24-27-8-18-32(52-3)19-9-27/h4-9,14-21,28-29H,10-13,22-24,42H2,1-3H3. The molecule has 0 unspecified atom stereocenters. The minimum atomic E-state index is -5.05. The highest BCUT2D eigenvalue weighted by molar-refractivity contribution is 7.89. The van der Waals surface area contributed by atoms with Gasteiger partial charge in [-0.1, -0.05) is 42.5 Å². The quantitative estimate of drug-likeness (QED) is 0.138. The molecular formula is C38H41F3N6O5S. The fourth-order valence-electron chi connectivity index (χ4n) is 6.62. The zero-order valence-corrected chi connectivity index (χ0v) is 30.4. The highest BCUT2D eigenvalue weighted by atomic mass is 32.2. The van der Waals surface area contributed by atoms with Crippen LogP contribution in [-0.4, -0.2) is 60.3 Å². The SMILES string of the molecule is COc1ccc(CN(Cc2ccc(OC)cc2)S(=O)(=O)c2c(C(F)(F)F)ccc(C3CCC(N)CC3)c2-c2nnn(Cc3ccc(OC)cc3)n2)cc1. The van der Waals surface area contributed by atoms with Gasteiger partial charge >= 0.3 is 6.18 Å². The van der Waals surface area contributed by atoms with Crippen LogP contribution >= 0.6 is 0 Å². The van der Waals surface area contributed by atoms with Crippen LogP contribution in [0.1, 0.15) is 59.4 Å². The van der Waals surface area contributed by atoms with Crippen molar-refractivity contribution >= 4 is 10.0 Å². The van der Waals surface area contributed by atoms with Crippen molar-refractivity contribution in [3.8, 4) is 28.6 Å². The number of ether oxygens (including phenoxy) is 3. The minimum absolute atomic E-state index is 0.0552. The van der Waals surface area contributed by atoms with Crippen LogP contribution in [0, 0.1) is 0 Å². The number of nitrogens with zero attached hydrogens (tertiary/aromatic N) is 5. The maximum Gasteiger partial charge on any atom is 0.417 e. The summed E-state index contributed by atoms with van der Waals surface area (Å²) in [5.74, 6) is 1.23. The van der Waals surface area contributed by atoms with Gasteiger partial charge in [0.05, 0.1) is 33.4 Å². The van der Waals surface area contributed by atoms with Crippen molar-refractivity contribution in [1.82, 2.24) is 24.5 Å². The third kappa shape index (κ3) is 8.64. The number of benzene rings is 4. The predicted octanol–water partition coefficient (Wildman–Crippen LogP) is 6.81. The monoisotopic (exact) mass is 750 g/mol. The second kappa shape index (κ2) is 15.9. The zero-order valence-electron chi connectivity index (χ0n) is 29.6.